The Hall–Kier alpha value is -1.11. The minimum atomic E-state index is -4.13. The highest BCUT2D eigenvalue weighted by molar-refractivity contribution is 9.10. The van der Waals surface area contributed by atoms with E-state index >= 15 is 0 Å². The molecule has 0 aromatic carbocycles. The van der Waals surface area contributed by atoms with Gasteiger partial charge in [-0.05, 0) is 34.8 Å². The van der Waals surface area contributed by atoms with Gasteiger partial charge in [0.05, 0.1) is 5.56 Å². The predicted molar refractivity (Wildman–Crippen MR) is 64.2 cm³/mol. The van der Waals surface area contributed by atoms with E-state index in [0.717, 1.165) is 0 Å². The van der Waals surface area contributed by atoms with Gasteiger partial charge in [0.25, 0.3) is 5.91 Å². The number of unbranched alkanes of at least 4 members (excludes halogenated alkanes) is 1. The van der Waals surface area contributed by atoms with Crippen molar-refractivity contribution in [2.24, 2.45) is 0 Å². The first-order valence-corrected chi connectivity index (χ1v) is 6.13. The number of nitrogens with zero attached hydrogens (tertiary/aromatic N) is 1. The van der Waals surface area contributed by atoms with Gasteiger partial charge in [0.15, 0.2) is 0 Å². The second-order valence-electron chi connectivity index (χ2n) is 3.72. The third-order valence-electron chi connectivity index (χ3n) is 2.14. The fraction of sp³-hybridized carbons (Fsp3) is 0.455. The van der Waals surface area contributed by atoms with E-state index in [1.165, 1.54) is 6.20 Å². The van der Waals surface area contributed by atoms with Crippen molar-refractivity contribution in [3.8, 4) is 0 Å². The summed E-state index contributed by atoms with van der Waals surface area (Å²) in [5.41, 5.74) is 0.375. The van der Waals surface area contributed by atoms with E-state index in [-0.39, 0.29) is 18.9 Å². The SMILES string of the molecule is O=C(NCCCCC(F)(F)F)c1cncc(Br)c1. The Labute approximate surface area is 111 Å². The van der Waals surface area contributed by atoms with Crippen molar-refractivity contribution in [2.45, 2.75) is 25.4 Å². The number of halogens is 4. The molecule has 0 radical (unpaired) electrons. The van der Waals surface area contributed by atoms with Crippen LogP contribution in [0.2, 0.25) is 0 Å². The van der Waals surface area contributed by atoms with Crippen LogP contribution in [0.3, 0.4) is 0 Å². The molecule has 1 heterocycles. The number of carbonyl (C=O) groups excluding carboxylic acids is 1. The Morgan fingerprint density at radius 2 is 2.06 bits per heavy atom. The number of aromatic nitrogens is 1. The molecule has 0 aliphatic heterocycles. The molecule has 0 saturated carbocycles. The maximum absolute atomic E-state index is 11.9. The van der Waals surface area contributed by atoms with E-state index in [2.05, 4.69) is 26.2 Å². The molecular formula is C11H12BrF3N2O. The molecule has 0 aliphatic carbocycles. The molecule has 1 aromatic rings. The highest BCUT2D eigenvalue weighted by atomic mass is 79.9. The summed E-state index contributed by atoms with van der Waals surface area (Å²) in [7, 11) is 0. The minimum Gasteiger partial charge on any atom is -0.352 e. The van der Waals surface area contributed by atoms with Crippen LogP contribution in [0.5, 0.6) is 0 Å². The van der Waals surface area contributed by atoms with Crippen LogP contribution in [0.1, 0.15) is 29.6 Å². The van der Waals surface area contributed by atoms with Crippen molar-refractivity contribution in [3.05, 3.63) is 28.5 Å². The zero-order valence-corrected chi connectivity index (χ0v) is 11.0. The molecular weight excluding hydrogens is 313 g/mol. The zero-order chi connectivity index (χ0) is 13.6. The van der Waals surface area contributed by atoms with Crippen LogP contribution in [0.15, 0.2) is 22.9 Å². The van der Waals surface area contributed by atoms with E-state index in [4.69, 9.17) is 0 Å². The van der Waals surface area contributed by atoms with Crippen LogP contribution in [0.25, 0.3) is 0 Å². The predicted octanol–water partition coefficient (Wildman–Crippen LogP) is 3.31. The first kappa shape index (κ1) is 14.9. The Morgan fingerprint density at radius 1 is 1.33 bits per heavy atom. The van der Waals surface area contributed by atoms with Crippen molar-refractivity contribution in [2.75, 3.05) is 6.54 Å². The van der Waals surface area contributed by atoms with Gasteiger partial charge < -0.3 is 5.32 Å². The monoisotopic (exact) mass is 324 g/mol. The van der Waals surface area contributed by atoms with Crippen molar-refractivity contribution in [1.29, 1.82) is 0 Å². The Bertz CT molecular complexity index is 410. The normalized spacial score (nSPS) is 11.3. The molecule has 3 nitrogen and oxygen atoms in total. The smallest absolute Gasteiger partial charge is 0.352 e. The topological polar surface area (TPSA) is 42.0 Å². The summed E-state index contributed by atoms with van der Waals surface area (Å²) in [6, 6.07) is 1.60. The molecule has 100 valence electrons. The highest BCUT2D eigenvalue weighted by Crippen LogP contribution is 2.21. The molecule has 7 heteroatoms. The van der Waals surface area contributed by atoms with Crippen molar-refractivity contribution in [1.82, 2.24) is 10.3 Å². The number of carbonyl (C=O) groups is 1. The average Bonchev–Trinajstić information content (AvgIpc) is 2.26. The quantitative estimate of drug-likeness (QED) is 0.844. The van der Waals surface area contributed by atoms with E-state index in [0.29, 0.717) is 16.5 Å². The van der Waals surface area contributed by atoms with E-state index in [1.54, 1.807) is 12.3 Å². The Kier molecular flexibility index (Phi) is 5.58. The van der Waals surface area contributed by atoms with Crippen LogP contribution in [-0.2, 0) is 0 Å². The molecule has 0 bridgehead atoms. The summed E-state index contributed by atoms with van der Waals surface area (Å²) >= 11 is 3.18. The Morgan fingerprint density at radius 3 is 2.67 bits per heavy atom. The first-order valence-electron chi connectivity index (χ1n) is 5.34. The van der Waals surface area contributed by atoms with Crippen molar-refractivity contribution < 1.29 is 18.0 Å². The third-order valence-corrected chi connectivity index (χ3v) is 2.57. The van der Waals surface area contributed by atoms with Crippen LogP contribution >= 0.6 is 15.9 Å². The molecule has 0 spiro atoms. The van der Waals surface area contributed by atoms with Gasteiger partial charge in [-0.25, -0.2) is 0 Å². The van der Waals surface area contributed by atoms with Gasteiger partial charge in [-0.2, -0.15) is 13.2 Å². The molecule has 1 N–H and O–H groups in total. The summed E-state index contributed by atoms with van der Waals surface area (Å²) in [6.07, 6.45) is -1.69. The number of amides is 1. The standard InChI is InChI=1S/C11H12BrF3N2O/c12-9-5-8(6-16-7-9)10(18)17-4-2-1-3-11(13,14)15/h5-7H,1-4H2,(H,17,18). The van der Waals surface area contributed by atoms with Crippen LogP contribution in [0.4, 0.5) is 13.2 Å². The third kappa shape index (κ3) is 6.00. The van der Waals surface area contributed by atoms with Crippen molar-refractivity contribution in [3.63, 3.8) is 0 Å². The summed E-state index contributed by atoms with van der Waals surface area (Å²) < 4.78 is 36.2. The Balaban J connectivity index is 2.26. The van der Waals surface area contributed by atoms with Gasteiger partial charge in [0.1, 0.15) is 0 Å². The van der Waals surface area contributed by atoms with Gasteiger partial charge in [-0.1, -0.05) is 0 Å². The number of hydrogen-bond acceptors (Lipinski definition) is 2. The van der Waals surface area contributed by atoms with Gasteiger partial charge in [-0.3, -0.25) is 9.78 Å². The number of pyridine rings is 1. The van der Waals surface area contributed by atoms with Gasteiger partial charge in [0, 0.05) is 29.8 Å². The summed E-state index contributed by atoms with van der Waals surface area (Å²) in [6.45, 7) is 0.224. The van der Waals surface area contributed by atoms with Crippen LogP contribution in [-0.4, -0.2) is 23.6 Å². The fourth-order valence-electron chi connectivity index (χ4n) is 1.29. The average molecular weight is 325 g/mol. The van der Waals surface area contributed by atoms with Gasteiger partial charge in [0.2, 0.25) is 0 Å². The second-order valence-corrected chi connectivity index (χ2v) is 4.64. The second kappa shape index (κ2) is 6.72. The largest absolute Gasteiger partial charge is 0.389 e. The minimum absolute atomic E-state index is 0.0144. The first-order chi connectivity index (χ1) is 8.38. The lowest BCUT2D eigenvalue weighted by atomic mass is 10.2. The number of nitrogens with one attached hydrogen (secondary N) is 1. The molecule has 18 heavy (non-hydrogen) atoms. The molecule has 0 aliphatic rings. The molecule has 1 amide bonds. The van der Waals surface area contributed by atoms with E-state index < -0.39 is 12.6 Å². The maximum atomic E-state index is 11.9. The van der Waals surface area contributed by atoms with Crippen molar-refractivity contribution >= 4 is 21.8 Å². The number of alkyl halides is 3. The number of rotatable bonds is 5. The fourth-order valence-corrected chi connectivity index (χ4v) is 1.66. The lowest BCUT2D eigenvalue weighted by molar-refractivity contribution is -0.135. The maximum Gasteiger partial charge on any atom is 0.389 e. The lowest BCUT2D eigenvalue weighted by Gasteiger charge is -2.07. The number of hydrogen-bond donors (Lipinski definition) is 1. The highest BCUT2D eigenvalue weighted by Gasteiger charge is 2.25. The molecule has 0 saturated heterocycles. The van der Waals surface area contributed by atoms with E-state index in [9.17, 15) is 18.0 Å². The molecule has 0 fully saturated rings. The summed E-state index contributed by atoms with van der Waals surface area (Å²) in [5, 5.41) is 2.55. The molecule has 1 aromatic heterocycles. The van der Waals surface area contributed by atoms with Crippen LogP contribution < -0.4 is 5.32 Å². The van der Waals surface area contributed by atoms with Gasteiger partial charge >= 0.3 is 6.18 Å². The molecule has 0 atom stereocenters. The lowest BCUT2D eigenvalue weighted by Crippen LogP contribution is -2.24. The van der Waals surface area contributed by atoms with E-state index in [1.807, 2.05) is 0 Å². The van der Waals surface area contributed by atoms with Crippen LogP contribution in [0, 0.1) is 0 Å². The molecule has 0 unspecified atom stereocenters. The van der Waals surface area contributed by atoms with Gasteiger partial charge in [-0.15, -0.1) is 0 Å². The summed E-state index contributed by atoms with van der Waals surface area (Å²) in [5.74, 6) is -0.337. The summed E-state index contributed by atoms with van der Waals surface area (Å²) in [4.78, 5) is 15.4. The molecule has 1 rings (SSSR count). The zero-order valence-electron chi connectivity index (χ0n) is 9.43.